The molecule has 0 saturated heterocycles. The topological polar surface area (TPSA) is 38.0 Å². The smallest absolute Gasteiger partial charge is 0.146 e. The molecule has 2 unspecified atom stereocenters. The van der Waals surface area contributed by atoms with E-state index < -0.39 is 0 Å². The molecule has 2 nitrogen and oxygen atoms in total. The van der Waals surface area contributed by atoms with Crippen LogP contribution in [0.3, 0.4) is 0 Å². The van der Waals surface area contributed by atoms with Crippen LogP contribution < -0.4 is 11.1 Å². The normalized spacial score (nSPS) is 14.7. The Morgan fingerprint density at radius 3 is 2.60 bits per heavy atom. The van der Waals surface area contributed by atoms with Gasteiger partial charge in [-0.15, -0.1) is 0 Å². The van der Waals surface area contributed by atoms with E-state index in [0.29, 0.717) is 18.2 Å². The maximum atomic E-state index is 13.4. The van der Waals surface area contributed by atoms with Crippen molar-refractivity contribution in [3.05, 3.63) is 30.1 Å². The summed E-state index contributed by atoms with van der Waals surface area (Å²) in [5.74, 6) is 0.217. The van der Waals surface area contributed by atoms with Gasteiger partial charge >= 0.3 is 0 Å². The molecule has 15 heavy (non-hydrogen) atoms. The minimum absolute atomic E-state index is 0.131. The molecule has 1 rings (SSSR count). The third kappa shape index (κ3) is 3.20. The molecule has 0 spiro atoms. The van der Waals surface area contributed by atoms with Crippen molar-refractivity contribution >= 4 is 5.69 Å². The summed E-state index contributed by atoms with van der Waals surface area (Å²) in [6.07, 6.45) is 1.03. The predicted molar refractivity (Wildman–Crippen MR) is 62.3 cm³/mol. The first kappa shape index (κ1) is 12.0. The van der Waals surface area contributed by atoms with E-state index in [9.17, 15) is 4.39 Å². The van der Waals surface area contributed by atoms with Crippen LogP contribution in [0, 0.1) is 11.7 Å². The second-order valence-electron chi connectivity index (χ2n) is 3.85. The fourth-order valence-corrected chi connectivity index (χ4v) is 1.50. The zero-order chi connectivity index (χ0) is 11.3. The summed E-state index contributed by atoms with van der Waals surface area (Å²) in [7, 11) is 0. The molecule has 2 atom stereocenters. The van der Waals surface area contributed by atoms with Crippen molar-refractivity contribution in [1.82, 2.24) is 0 Å². The Kier molecular flexibility index (Phi) is 4.56. The number of hydrogen-bond acceptors (Lipinski definition) is 2. The van der Waals surface area contributed by atoms with Crippen molar-refractivity contribution in [1.29, 1.82) is 0 Å². The number of rotatable bonds is 5. The SMILES string of the molecule is CCC(C)C(CN)Nc1ccccc1F. The van der Waals surface area contributed by atoms with Gasteiger partial charge in [0.2, 0.25) is 0 Å². The minimum Gasteiger partial charge on any atom is -0.378 e. The van der Waals surface area contributed by atoms with Crippen molar-refractivity contribution in [2.45, 2.75) is 26.3 Å². The van der Waals surface area contributed by atoms with Crippen molar-refractivity contribution in [3.8, 4) is 0 Å². The van der Waals surface area contributed by atoms with Crippen molar-refractivity contribution in [3.63, 3.8) is 0 Å². The van der Waals surface area contributed by atoms with Gasteiger partial charge in [0.05, 0.1) is 5.69 Å². The highest BCUT2D eigenvalue weighted by atomic mass is 19.1. The number of anilines is 1. The Hall–Kier alpha value is -1.09. The van der Waals surface area contributed by atoms with E-state index in [4.69, 9.17) is 5.73 Å². The largest absolute Gasteiger partial charge is 0.378 e. The lowest BCUT2D eigenvalue weighted by atomic mass is 9.99. The van der Waals surface area contributed by atoms with E-state index in [2.05, 4.69) is 19.2 Å². The molecule has 0 aliphatic rings. The number of nitrogens with one attached hydrogen (secondary N) is 1. The maximum Gasteiger partial charge on any atom is 0.146 e. The monoisotopic (exact) mass is 210 g/mol. The number of halogens is 1. The summed E-state index contributed by atoms with van der Waals surface area (Å²) in [5.41, 5.74) is 6.20. The molecule has 3 N–H and O–H groups in total. The van der Waals surface area contributed by atoms with Gasteiger partial charge in [-0.05, 0) is 18.1 Å². The van der Waals surface area contributed by atoms with Crippen LogP contribution in [-0.4, -0.2) is 12.6 Å². The minimum atomic E-state index is -0.223. The molecule has 1 aromatic carbocycles. The Bertz CT molecular complexity index is 301. The molecule has 0 heterocycles. The molecule has 84 valence electrons. The quantitative estimate of drug-likeness (QED) is 0.784. The lowest BCUT2D eigenvalue weighted by Crippen LogP contribution is -2.35. The Balaban J connectivity index is 2.71. The molecule has 0 amide bonds. The van der Waals surface area contributed by atoms with Crippen LogP contribution in [-0.2, 0) is 0 Å². The summed E-state index contributed by atoms with van der Waals surface area (Å²) < 4.78 is 13.4. The second kappa shape index (κ2) is 5.71. The zero-order valence-electron chi connectivity index (χ0n) is 9.33. The second-order valence-corrected chi connectivity index (χ2v) is 3.85. The molecule has 0 aliphatic carbocycles. The van der Waals surface area contributed by atoms with E-state index in [0.717, 1.165) is 6.42 Å². The van der Waals surface area contributed by atoms with E-state index in [-0.39, 0.29) is 11.9 Å². The highest BCUT2D eigenvalue weighted by molar-refractivity contribution is 5.45. The fraction of sp³-hybridized carbons (Fsp3) is 0.500. The lowest BCUT2D eigenvalue weighted by Gasteiger charge is -2.24. The Morgan fingerprint density at radius 2 is 2.07 bits per heavy atom. The fourth-order valence-electron chi connectivity index (χ4n) is 1.50. The van der Waals surface area contributed by atoms with E-state index in [1.165, 1.54) is 6.07 Å². The van der Waals surface area contributed by atoms with Gasteiger partial charge in [0.25, 0.3) is 0 Å². The first-order chi connectivity index (χ1) is 7.19. The third-order valence-electron chi connectivity index (χ3n) is 2.80. The van der Waals surface area contributed by atoms with Crippen molar-refractivity contribution in [2.24, 2.45) is 11.7 Å². The summed E-state index contributed by atoms with van der Waals surface area (Å²) in [6.45, 7) is 4.74. The van der Waals surface area contributed by atoms with Crippen LogP contribution in [0.4, 0.5) is 10.1 Å². The van der Waals surface area contributed by atoms with Gasteiger partial charge in [-0.25, -0.2) is 4.39 Å². The van der Waals surface area contributed by atoms with Crippen LogP contribution in [0.25, 0.3) is 0 Å². The molecule has 0 saturated carbocycles. The van der Waals surface area contributed by atoms with Crippen molar-refractivity contribution < 1.29 is 4.39 Å². The maximum absolute atomic E-state index is 13.4. The summed E-state index contributed by atoms with van der Waals surface area (Å²) in [6, 6.07) is 6.82. The van der Waals surface area contributed by atoms with Crippen LogP contribution >= 0.6 is 0 Å². The molecule has 0 bridgehead atoms. The van der Waals surface area contributed by atoms with Gasteiger partial charge in [-0.3, -0.25) is 0 Å². The van der Waals surface area contributed by atoms with Crippen LogP contribution in [0.1, 0.15) is 20.3 Å². The molecule has 0 fully saturated rings. The third-order valence-corrected chi connectivity index (χ3v) is 2.80. The zero-order valence-corrected chi connectivity index (χ0v) is 9.33. The number of nitrogens with two attached hydrogens (primary N) is 1. The predicted octanol–water partition coefficient (Wildman–Crippen LogP) is 2.61. The van der Waals surface area contributed by atoms with E-state index in [1.54, 1.807) is 12.1 Å². The standard InChI is InChI=1S/C12H19FN2/c1-3-9(2)12(8-14)15-11-7-5-4-6-10(11)13/h4-7,9,12,15H,3,8,14H2,1-2H3. The molecular weight excluding hydrogens is 191 g/mol. The lowest BCUT2D eigenvalue weighted by molar-refractivity contribution is 0.471. The Labute approximate surface area is 90.7 Å². The van der Waals surface area contributed by atoms with Gasteiger partial charge in [0.1, 0.15) is 5.82 Å². The molecule has 0 aliphatic heterocycles. The first-order valence-corrected chi connectivity index (χ1v) is 5.40. The first-order valence-electron chi connectivity index (χ1n) is 5.40. The highest BCUT2D eigenvalue weighted by Crippen LogP contribution is 2.17. The average Bonchev–Trinajstić information content (AvgIpc) is 2.27. The Morgan fingerprint density at radius 1 is 1.40 bits per heavy atom. The average molecular weight is 210 g/mol. The van der Waals surface area contributed by atoms with Crippen LogP contribution in [0.2, 0.25) is 0 Å². The van der Waals surface area contributed by atoms with Gasteiger partial charge in [0, 0.05) is 12.6 Å². The molecule has 3 heteroatoms. The van der Waals surface area contributed by atoms with Crippen LogP contribution in [0.5, 0.6) is 0 Å². The van der Waals surface area contributed by atoms with Gasteiger partial charge in [0.15, 0.2) is 0 Å². The summed E-state index contributed by atoms with van der Waals surface area (Å²) >= 11 is 0. The van der Waals surface area contributed by atoms with Gasteiger partial charge in [-0.1, -0.05) is 32.4 Å². The molecular formula is C12H19FN2. The number of benzene rings is 1. The van der Waals surface area contributed by atoms with E-state index in [1.807, 2.05) is 6.07 Å². The van der Waals surface area contributed by atoms with Crippen LogP contribution in [0.15, 0.2) is 24.3 Å². The number of hydrogen-bond donors (Lipinski definition) is 2. The number of para-hydroxylation sites is 1. The summed E-state index contributed by atoms with van der Waals surface area (Å²) in [4.78, 5) is 0. The van der Waals surface area contributed by atoms with Gasteiger partial charge in [-0.2, -0.15) is 0 Å². The highest BCUT2D eigenvalue weighted by Gasteiger charge is 2.14. The molecule has 0 radical (unpaired) electrons. The summed E-state index contributed by atoms with van der Waals surface area (Å²) in [5, 5.41) is 3.15. The van der Waals surface area contributed by atoms with E-state index >= 15 is 0 Å². The molecule has 0 aromatic heterocycles. The molecule has 1 aromatic rings. The van der Waals surface area contributed by atoms with Crippen molar-refractivity contribution in [2.75, 3.05) is 11.9 Å². The van der Waals surface area contributed by atoms with Gasteiger partial charge < -0.3 is 11.1 Å².